The maximum Gasteiger partial charge on any atom is 0.313 e. The van der Waals surface area contributed by atoms with E-state index in [0.29, 0.717) is 18.9 Å². The van der Waals surface area contributed by atoms with Crippen molar-refractivity contribution in [1.82, 2.24) is 10.1 Å². The highest BCUT2D eigenvalue weighted by molar-refractivity contribution is 5.73. The van der Waals surface area contributed by atoms with Gasteiger partial charge in [0.15, 0.2) is 6.61 Å². The minimum atomic E-state index is -0.327. The van der Waals surface area contributed by atoms with Gasteiger partial charge in [0.1, 0.15) is 12.4 Å². The first-order valence-corrected chi connectivity index (χ1v) is 8.05. The molecule has 6 heteroatoms. The van der Waals surface area contributed by atoms with Crippen LogP contribution in [0.1, 0.15) is 11.5 Å². The van der Waals surface area contributed by atoms with Gasteiger partial charge < -0.3 is 14.0 Å². The summed E-state index contributed by atoms with van der Waals surface area (Å²) in [5.41, 5.74) is 1.86. The van der Waals surface area contributed by atoms with Crippen molar-refractivity contribution in [3.63, 3.8) is 0 Å². The lowest BCUT2D eigenvalue weighted by molar-refractivity contribution is -0.152. The van der Waals surface area contributed by atoms with E-state index in [9.17, 15) is 4.79 Å². The van der Waals surface area contributed by atoms with Gasteiger partial charge in [0.2, 0.25) is 5.82 Å². The van der Waals surface area contributed by atoms with Crippen molar-refractivity contribution >= 4 is 5.97 Å². The van der Waals surface area contributed by atoms with Crippen LogP contribution in [0.4, 0.5) is 0 Å². The van der Waals surface area contributed by atoms with Crippen LogP contribution < -0.4 is 4.74 Å². The standard InChI is InChI=1S/C19H16N2O4/c22-19(15-10-14-8-4-5-9-16(14)23-11-15)24-12-17-20-18(21-25-17)13-6-2-1-3-7-13/h1-9,15H,10-12H2. The summed E-state index contributed by atoms with van der Waals surface area (Å²) in [6.45, 7) is 0.270. The molecule has 6 nitrogen and oxygen atoms in total. The van der Waals surface area contributed by atoms with Gasteiger partial charge in [-0.3, -0.25) is 4.79 Å². The summed E-state index contributed by atoms with van der Waals surface area (Å²) >= 11 is 0. The number of para-hydroxylation sites is 1. The molecule has 0 saturated carbocycles. The molecule has 25 heavy (non-hydrogen) atoms. The van der Waals surface area contributed by atoms with Crippen molar-refractivity contribution in [2.45, 2.75) is 13.0 Å². The van der Waals surface area contributed by atoms with Gasteiger partial charge in [-0.05, 0) is 18.1 Å². The quantitative estimate of drug-likeness (QED) is 0.682. The van der Waals surface area contributed by atoms with Gasteiger partial charge in [-0.1, -0.05) is 53.7 Å². The van der Waals surface area contributed by atoms with E-state index in [-0.39, 0.29) is 24.4 Å². The third-order valence-corrected chi connectivity index (χ3v) is 4.05. The van der Waals surface area contributed by atoms with Crippen molar-refractivity contribution < 1.29 is 18.8 Å². The number of aromatic nitrogens is 2. The number of nitrogens with zero attached hydrogens (tertiary/aromatic N) is 2. The van der Waals surface area contributed by atoms with E-state index in [0.717, 1.165) is 16.9 Å². The SMILES string of the molecule is O=C(OCc1nc(-c2ccccc2)no1)C1COc2ccccc2C1. The van der Waals surface area contributed by atoms with Crippen LogP contribution in [-0.2, 0) is 22.6 Å². The number of esters is 1. The van der Waals surface area contributed by atoms with Crippen molar-refractivity contribution in [3.05, 3.63) is 66.1 Å². The zero-order chi connectivity index (χ0) is 17.1. The number of hydrogen-bond donors (Lipinski definition) is 0. The summed E-state index contributed by atoms with van der Waals surface area (Å²) in [6, 6.07) is 17.2. The van der Waals surface area contributed by atoms with Gasteiger partial charge in [-0.15, -0.1) is 0 Å². The zero-order valence-electron chi connectivity index (χ0n) is 13.4. The molecule has 0 amide bonds. The average molecular weight is 336 g/mol. The molecule has 1 atom stereocenters. The molecular formula is C19H16N2O4. The molecule has 2 aromatic carbocycles. The Morgan fingerprint density at radius 2 is 1.92 bits per heavy atom. The summed E-state index contributed by atoms with van der Waals surface area (Å²) in [5.74, 6) is 0.919. The number of carbonyl (C=O) groups is 1. The Hall–Kier alpha value is -3.15. The van der Waals surface area contributed by atoms with E-state index in [4.69, 9.17) is 14.0 Å². The number of fused-ring (bicyclic) bond motifs is 1. The van der Waals surface area contributed by atoms with Crippen molar-refractivity contribution in [3.8, 4) is 17.1 Å². The molecular weight excluding hydrogens is 320 g/mol. The number of hydrogen-bond acceptors (Lipinski definition) is 6. The number of carbonyl (C=O) groups excluding carboxylic acids is 1. The van der Waals surface area contributed by atoms with Crippen LogP contribution in [0, 0.1) is 5.92 Å². The second kappa shape index (κ2) is 6.76. The number of benzene rings is 2. The Kier molecular flexibility index (Phi) is 4.16. The molecule has 0 N–H and O–H groups in total. The van der Waals surface area contributed by atoms with Crippen LogP contribution in [-0.4, -0.2) is 22.7 Å². The van der Waals surface area contributed by atoms with Crippen LogP contribution in [0.3, 0.4) is 0 Å². The summed E-state index contributed by atoms with van der Waals surface area (Å²) < 4.78 is 16.1. The Bertz CT molecular complexity index is 876. The fourth-order valence-corrected chi connectivity index (χ4v) is 2.75. The minimum Gasteiger partial charge on any atom is -0.492 e. The molecule has 0 aliphatic carbocycles. The largest absolute Gasteiger partial charge is 0.492 e. The van der Waals surface area contributed by atoms with Gasteiger partial charge in [-0.2, -0.15) is 4.98 Å². The van der Waals surface area contributed by atoms with Gasteiger partial charge in [0.25, 0.3) is 5.89 Å². The van der Waals surface area contributed by atoms with Crippen LogP contribution in [0.15, 0.2) is 59.1 Å². The first-order valence-electron chi connectivity index (χ1n) is 8.05. The highest BCUT2D eigenvalue weighted by Crippen LogP contribution is 2.27. The smallest absolute Gasteiger partial charge is 0.313 e. The van der Waals surface area contributed by atoms with E-state index in [1.165, 1.54) is 0 Å². The normalized spacial score (nSPS) is 15.9. The lowest BCUT2D eigenvalue weighted by atomic mass is 9.97. The van der Waals surface area contributed by atoms with Crippen molar-refractivity contribution in [2.75, 3.05) is 6.61 Å². The second-order valence-electron chi connectivity index (χ2n) is 5.81. The molecule has 1 unspecified atom stereocenters. The fourth-order valence-electron chi connectivity index (χ4n) is 2.75. The predicted molar refractivity (Wildman–Crippen MR) is 88.7 cm³/mol. The number of ether oxygens (including phenoxy) is 2. The third kappa shape index (κ3) is 3.38. The van der Waals surface area contributed by atoms with Gasteiger partial charge in [0.05, 0.1) is 5.92 Å². The monoisotopic (exact) mass is 336 g/mol. The van der Waals surface area contributed by atoms with Crippen molar-refractivity contribution in [1.29, 1.82) is 0 Å². The Morgan fingerprint density at radius 3 is 2.80 bits per heavy atom. The first kappa shape index (κ1) is 15.4. The van der Waals surface area contributed by atoms with Crippen LogP contribution in [0.5, 0.6) is 5.75 Å². The molecule has 3 aromatic rings. The maximum absolute atomic E-state index is 12.3. The van der Waals surface area contributed by atoms with E-state index in [2.05, 4.69) is 10.1 Å². The molecule has 4 rings (SSSR count). The molecule has 0 spiro atoms. The van der Waals surface area contributed by atoms with Gasteiger partial charge in [-0.25, -0.2) is 0 Å². The van der Waals surface area contributed by atoms with E-state index in [1.54, 1.807) is 0 Å². The minimum absolute atomic E-state index is 0.0448. The molecule has 1 aliphatic rings. The molecule has 1 aromatic heterocycles. The summed E-state index contributed by atoms with van der Waals surface area (Å²) in [4.78, 5) is 16.5. The van der Waals surface area contributed by atoms with Crippen LogP contribution >= 0.6 is 0 Å². The lowest BCUT2D eigenvalue weighted by Crippen LogP contribution is -2.29. The lowest BCUT2D eigenvalue weighted by Gasteiger charge is -2.23. The topological polar surface area (TPSA) is 74.5 Å². The number of rotatable bonds is 4. The van der Waals surface area contributed by atoms with E-state index in [1.807, 2.05) is 54.6 Å². The van der Waals surface area contributed by atoms with Gasteiger partial charge in [0, 0.05) is 5.56 Å². The van der Waals surface area contributed by atoms with E-state index < -0.39 is 0 Å². The van der Waals surface area contributed by atoms with Crippen molar-refractivity contribution in [2.24, 2.45) is 5.92 Å². The van der Waals surface area contributed by atoms with Crippen LogP contribution in [0.2, 0.25) is 0 Å². The molecule has 1 aliphatic heterocycles. The summed E-state index contributed by atoms with van der Waals surface area (Å²) in [7, 11) is 0. The molecule has 126 valence electrons. The third-order valence-electron chi connectivity index (χ3n) is 4.05. The summed E-state index contributed by atoms with van der Waals surface area (Å²) in [5, 5.41) is 3.90. The van der Waals surface area contributed by atoms with Gasteiger partial charge >= 0.3 is 5.97 Å². The second-order valence-corrected chi connectivity index (χ2v) is 5.81. The maximum atomic E-state index is 12.3. The Balaban J connectivity index is 1.36. The van der Waals surface area contributed by atoms with E-state index >= 15 is 0 Å². The first-order chi connectivity index (χ1) is 12.3. The Labute approximate surface area is 144 Å². The Morgan fingerprint density at radius 1 is 1.12 bits per heavy atom. The molecule has 0 fully saturated rings. The zero-order valence-corrected chi connectivity index (χ0v) is 13.4. The highest BCUT2D eigenvalue weighted by Gasteiger charge is 2.27. The molecule has 0 radical (unpaired) electrons. The molecule has 0 bridgehead atoms. The average Bonchev–Trinajstić information content (AvgIpc) is 3.15. The molecule has 0 saturated heterocycles. The van der Waals surface area contributed by atoms with Crippen LogP contribution in [0.25, 0.3) is 11.4 Å². The fraction of sp³-hybridized carbons (Fsp3) is 0.211. The highest BCUT2D eigenvalue weighted by atomic mass is 16.6. The summed E-state index contributed by atoms with van der Waals surface area (Å²) in [6.07, 6.45) is 0.605. The molecule has 2 heterocycles. The predicted octanol–water partition coefficient (Wildman–Crippen LogP) is 3.03.